The number of hydrogen-bond donors (Lipinski definition) is 4. The Morgan fingerprint density at radius 1 is 0.765 bits per heavy atom. The summed E-state index contributed by atoms with van der Waals surface area (Å²) in [7, 11) is 0. The molecule has 454 valence electrons. The van der Waals surface area contributed by atoms with Crippen LogP contribution in [-0.4, -0.2) is 135 Å². The minimum absolute atomic E-state index is 0.00732. The first-order chi connectivity index (χ1) is 40.4. The average Bonchev–Trinajstić information content (AvgIpc) is 0.829. The molecule has 2 amide bonds. The molecule has 2 bridgehead atoms. The third kappa shape index (κ3) is 12.1. The summed E-state index contributed by atoms with van der Waals surface area (Å²) in [5.41, 5.74) is -8.36. The predicted molar refractivity (Wildman–Crippen MR) is 296 cm³/mol. The van der Waals surface area contributed by atoms with E-state index in [1.807, 2.05) is 0 Å². The zero-order valence-electron chi connectivity index (χ0n) is 48.4. The molecule has 1 saturated heterocycles. The summed E-state index contributed by atoms with van der Waals surface area (Å²) in [5, 5.41) is 29.4. The number of aliphatic hydroxyl groups is 1. The number of ketones is 1. The highest BCUT2D eigenvalue weighted by atomic mass is 16.6. The number of amides is 2. The maximum atomic E-state index is 16.5. The smallest absolute Gasteiger partial charge is 0.350 e. The van der Waals surface area contributed by atoms with Crippen LogP contribution in [0.4, 0.5) is 0 Å². The minimum atomic E-state index is -2.57. The Morgan fingerprint density at radius 2 is 1.39 bits per heavy atom. The summed E-state index contributed by atoms with van der Waals surface area (Å²) in [4.78, 5) is 147. The molecule has 4 N–H and O–H groups in total. The quantitative estimate of drug-likeness (QED) is 0.0611. The van der Waals surface area contributed by atoms with E-state index in [0.29, 0.717) is 38.5 Å². The number of carbonyl (C=O) groups excluding carboxylic acids is 9. The number of carboxylic acid groups (broad SMARTS) is 1. The van der Waals surface area contributed by atoms with Crippen LogP contribution in [0.5, 0.6) is 0 Å². The maximum absolute atomic E-state index is 16.5. The molecule has 85 heavy (non-hydrogen) atoms. The van der Waals surface area contributed by atoms with Gasteiger partial charge in [0.15, 0.2) is 17.5 Å². The third-order valence-corrected chi connectivity index (χ3v) is 18.4. The lowest BCUT2D eigenvalue weighted by atomic mass is 9.44. The molecule has 12 atom stereocenters. The average molecular weight is 1180 g/mol. The number of fused-ring (bicyclic) bond motifs is 5. The molecular formula is C63H73N3O19. The van der Waals surface area contributed by atoms with Crippen molar-refractivity contribution >= 4 is 59.4 Å². The van der Waals surface area contributed by atoms with Crippen LogP contribution in [-0.2, 0) is 71.5 Å². The highest BCUT2D eigenvalue weighted by molar-refractivity contribution is 5.97. The van der Waals surface area contributed by atoms with Gasteiger partial charge < -0.3 is 54.0 Å². The van der Waals surface area contributed by atoms with Gasteiger partial charge in [0.2, 0.25) is 12.0 Å². The standard InChI is InChI=1S/C63H73N3O19/c1-34-43(81-59(77)50(83-57(75)39-25-15-16-26-39)48(37-19-9-7-10-20-37)66-55(73)42(28-29-46(69)70)65-54(72)41-27-17-18-30-64-41)32-63(78)53(84-58(76)40-21-11-8-12-22-40)51-61(6,52(71)49(80-35(2)67)47(34)60(63,4)5)44(82-56(74)38-23-13-14-24-38)31-45-62(51,33-79-45)85-36(3)68/h7-12,17-22,27,30,38-39,42-45,48-51,53,78H,13-16,23-26,28-29,31-33H2,1-6H3,(H,65,72)(H,66,73)(H,69,70)/t42-,43+,44+,45-,48+,49-,50-,51+,53+,61-,62+,63-/m1/s1. The van der Waals surface area contributed by atoms with Gasteiger partial charge in [-0.25, -0.2) is 9.59 Å². The molecule has 2 heterocycles. The summed E-state index contributed by atoms with van der Waals surface area (Å²) >= 11 is 0. The Hall–Kier alpha value is -7.85. The fraction of sp³-hybridized carbons (Fsp3) is 0.540. The zero-order chi connectivity index (χ0) is 61.2. The fourth-order valence-electron chi connectivity index (χ4n) is 13.9. The maximum Gasteiger partial charge on any atom is 0.350 e. The van der Waals surface area contributed by atoms with Crippen LogP contribution in [0.1, 0.15) is 151 Å². The van der Waals surface area contributed by atoms with Crippen molar-refractivity contribution in [3.05, 3.63) is 113 Å². The van der Waals surface area contributed by atoms with Gasteiger partial charge in [0.25, 0.3) is 5.91 Å². The molecule has 4 saturated carbocycles. The molecule has 0 radical (unpaired) electrons. The summed E-state index contributed by atoms with van der Waals surface area (Å²) in [6.07, 6.45) is -6.12. The molecule has 0 spiro atoms. The zero-order valence-corrected chi connectivity index (χ0v) is 48.4. The Balaban J connectivity index is 1.20. The van der Waals surface area contributed by atoms with Gasteiger partial charge in [0.05, 0.1) is 35.3 Å². The number of pyridine rings is 1. The molecule has 1 aromatic heterocycles. The number of Topliss-reactive ketones (excluding diaryl/α,β-unsaturated/α-hetero) is 1. The third-order valence-electron chi connectivity index (χ3n) is 18.4. The second-order valence-electron chi connectivity index (χ2n) is 24.0. The first kappa shape index (κ1) is 61.7. The Labute approximate surface area is 491 Å². The number of benzene rings is 2. The number of aliphatic carboxylic acids is 1. The second-order valence-corrected chi connectivity index (χ2v) is 24.0. The van der Waals surface area contributed by atoms with E-state index in [1.165, 1.54) is 70.3 Å². The number of carboxylic acids is 1. The van der Waals surface area contributed by atoms with Crippen LogP contribution in [0.3, 0.4) is 0 Å². The summed E-state index contributed by atoms with van der Waals surface area (Å²) in [6.45, 7) is 7.83. The fourth-order valence-corrected chi connectivity index (χ4v) is 13.9. The topological polar surface area (TPSA) is 313 Å². The van der Waals surface area contributed by atoms with E-state index in [2.05, 4.69) is 15.6 Å². The molecule has 5 aliphatic carbocycles. The molecule has 22 heteroatoms. The van der Waals surface area contributed by atoms with Crippen molar-refractivity contribution < 1.29 is 91.3 Å². The first-order valence-corrected chi connectivity index (χ1v) is 29.0. The van der Waals surface area contributed by atoms with Gasteiger partial charge in [-0.05, 0) is 86.9 Å². The molecule has 6 aliphatic rings. The molecule has 3 aromatic rings. The van der Waals surface area contributed by atoms with Gasteiger partial charge in [0, 0.05) is 44.7 Å². The van der Waals surface area contributed by atoms with Crippen LogP contribution < -0.4 is 10.6 Å². The lowest BCUT2D eigenvalue weighted by molar-refractivity contribution is -0.346. The Kier molecular flexibility index (Phi) is 18.2. The van der Waals surface area contributed by atoms with Crippen molar-refractivity contribution in [3.8, 4) is 0 Å². The van der Waals surface area contributed by atoms with E-state index in [-0.39, 0.29) is 34.4 Å². The number of ether oxygens (including phenoxy) is 7. The molecular weight excluding hydrogens is 1100 g/mol. The molecule has 0 unspecified atom stereocenters. The van der Waals surface area contributed by atoms with Crippen LogP contribution in [0.15, 0.2) is 96.2 Å². The largest absolute Gasteiger partial charge is 0.481 e. The van der Waals surface area contributed by atoms with Gasteiger partial charge >= 0.3 is 41.8 Å². The van der Waals surface area contributed by atoms with Crippen molar-refractivity contribution in [2.45, 2.75) is 179 Å². The molecule has 1 aliphatic heterocycles. The van der Waals surface area contributed by atoms with Crippen LogP contribution in [0.25, 0.3) is 0 Å². The monoisotopic (exact) mass is 1180 g/mol. The van der Waals surface area contributed by atoms with E-state index >= 15 is 9.59 Å². The van der Waals surface area contributed by atoms with Gasteiger partial charge in [-0.1, -0.05) is 94.1 Å². The summed E-state index contributed by atoms with van der Waals surface area (Å²) in [6, 6.07) is 16.9. The number of rotatable bonds is 19. The van der Waals surface area contributed by atoms with E-state index < -0.39 is 174 Å². The van der Waals surface area contributed by atoms with E-state index in [4.69, 9.17) is 33.2 Å². The highest BCUT2D eigenvalue weighted by Gasteiger charge is 2.79. The normalized spacial score (nSPS) is 28.9. The van der Waals surface area contributed by atoms with Gasteiger partial charge in [-0.3, -0.25) is 43.3 Å². The van der Waals surface area contributed by atoms with E-state index in [0.717, 1.165) is 26.7 Å². The molecule has 22 nitrogen and oxygen atoms in total. The minimum Gasteiger partial charge on any atom is -0.481 e. The number of esters is 6. The predicted octanol–water partition coefficient (Wildman–Crippen LogP) is 5.96. The highest BCUT2D eigenvalue weighted by Crippen LogP contribution is 2.65. The van der Waals surface area contributed by atoms with Crippen LogP contribution in [0, 0.1) is 28.6 Å². The summed E-state index contributed by atoms with van der Waals surface area (Å²) in [5.74, 6) is -12.4. The van der Waals surface area contributed by atoms with E-state index in [9.17, 15) is 48.6 Å². The summed E-state index contributed by atoms with van der Waals surface area (Å²) < 4.78 is 44.4. The van der Waals surface area contributed by atoms with Gasteiger partial charge in [-0.2, -0.15) is 0 Å². The van der Waals surface area contributed by atoms with Crippen molar-refractivity contribution in [2.75, 3.05) is 6.61 Å². The van der Waals surface area contributed by atoms with Crippen LogP contribution >= 0.6 is 0 Å². The number of aromatic nitrogens is 1. The Morgan fingerprint density at radius 3 is 1.96 bits per heavy atom. The van der Waals surface area contributed by atoms with Crippen molar-refractivity contribution in [2.24, 2.45) is 28.6 Å². The van der Waals surface area contributed by atoms with Crippen molar-refractivity contribution in [1.29, 1.82) is 0 Å². The lowest BCUT2D eigenvalue weighted by Gasteiger charge is -2.67. The molecule has 2 aromatic carbocycles. The number of carbonyl (C=O) groups is 10. The van der Waals surface area contributed by atoms with Gasteiger partial charge in [-0.15, -0.1) is 0 Å². The molecule has 9 rings (SSSR count). The number of nitrogens with one attached hydrogen (secondary N) is 2. The lowest BCUT2D eigenvalue weighted by Crippen LogP contribution is -2.82. The SMILES string of the molecule is CC(=O)O[C@H]1C(=O)[C@]2(C)[C@@H](OC(=O)C3CCCC3)C[C@H]3OC[C@@]3(OC(C)=O)[C@H]2[C@H](OC(=O)c2ccccc2)[C@]2(O)C[C@H](OC(=O)[C@H](OC(=O)C3CCCC3)[C@@H](NC(=O)[C@@H](CCC(=O)O)NC(=O)c3ccccn3)c3ccccc3)C(C)=C1C2(C)C. The second kappa shape index (κ2) is 25.0. The molecule has 5 fully saturated rings. The first-order valence-electron chi connectivity index (χ1n) is 29.0. The number of nitrogens with zero attached hydrogens (tertiary/aromatic N) is 1. The van der Waals surface area contributed by atoms with Crippen molar-refractivity contribution in [3.63, 3.8) is 0 Å². The number of hydrogen-bond acceptors (Lipinski definition) is 19. The van der Waals surface area contributed by atoms with Gasteiger partial charge in [0.1, 0.15) is 47.8 Å². The van der Waals surface area contributed by atoms with Crippen LogP contribution in [0.2, 0.25) is 0 Å². The van der Waals surface area contributed by atoms with Crippen molar-refractivity contribution in [1.82, 2.24) is 15.6 Å². The van der Waals surface area contributed by atoms with E-state index in [1.54, 1.807) is 42.5 Å². The Bertz CT molecular complexity index is 3100.